The fourth-order valence-electron chi connectivity index (χ4n) is 2.50. The molecule has 146 valence electrons. The average Bonchev–Trinajstić information content (AvgIpc) is 3.07. The Hall–Kier alpha value is -2.23. The van der Waals surface area contributed by atoms with Gasteiger partial charge < -0.3 is 15.3 Å². The Balaban J connectivity index is 1.80. The van der Waals surface area contributed by atoms with Gasteiger partial charge in [-0.05, 0) is 55.9 Å². The Morgan fingerprint density at radius 2 is 1.93 bits per heavy atom. The van der Waals surface area contributed by atoms with Crippen LogP contribution in [0.4, 0.5) is 13.2 Å². The van der Waals surface area contributed by atoms with E-state index in [0.717, 1.165) is 11.8 Å². The zero-order valence-corrected chi connectivity index (χ0v) is 15.3. The molecule has 0 spiro atoms. The first-order valence-corrected chi connectivity index (χ1v) is 8.83. The Bertz CT molecular complexity index is 797. The normalized spacial score (nSPS) is 13.7. The maximum atomic E-state index is 12.7. The Kier molecular flexibility index (Phi) is 7.11. The molecule has 0 aliphatic rings. The van der Waals surface area contributed by atoms with E-state index in [1.54, 1.807) is 19.1 Å². The van der Waals surface area contributed by atoms with Gasteiger partial charge in [-0.2, -0.15) is 13.2 Å². The Labute approximate surface area is 157 Å². The van der Waals surface area contributed by atoms with Crippen molar-refractivity contribution >= 4 is 0 Å². The topological polar surface area (TPSA) is 59.4 Å². The fraction of sp³-hybridized carbons (Fsp3) is 0.429. The van der Waals surface area contributed by atoms with Crippen LogP contribution >= 0.6 is 0 Å². The van der Waals surface area contributed by atoms with Crippen LogP contribution in [-0.2, 0) is 19.0 Å². The van der Waals surface area contributed by atoms with E-state index in [4.69, 9.17) is 15.3 Å². The van der Waals surface area contributed by atoms with Gasteiger partial charge in [0.25, 0.3) is 0 Å². The molecule has 0 amide bonds. The summed E-state index contributed by atoms with van der Waals surface area (Å²) >= 11 is 0. The predicted octanol–water partition coefficient (Wildman–Crippen LogP) is 4.32. The molecule has 3 nitrogen and oxygen atoms in total. The van der Waals surface area contributed by atoms with Crippen LogP contribution in [0.1, 0.15) is 48.8 Å². The molecule has 0 radical (unpaired) electrons. The molecule has 1 aromatic heterocycles. The minimum atomic E-state index is -4.31. The van der Waals surface area contributed by atoms with Gasteiger partial charge in [-0.25, -0.2) is 0 Å². The number of benzene rings is 1. The lowest BCUT2D eigenvalue weighted by Crippen LogP contribution is -2.40. The molecule has 0 aliphatic heterocycles. The molecule has 27 heavy (non-hydrogen) atoms. The minimum absolute atomic E-state index is 0.0910. The van der Waals surface area contributed by atoms with Gasteiger partial charge in [-0.1, -0.05) is 24.1 Å². The van der Waals surface area contributed by atoms with Crippen molar-refractivity contribution in [2.45, 2.75) is 50.7 Å². The number of unbranched alkanes of at least 4 members (excludes halogenated alkanes) is 1. The van der Waals surface area contributed by atoms with Crippen molar-refractivity contribution in [3.8, 4) is 11.8 Å². The lowest BCUT2D eigenvalue weighted by atomic mass is 9.98. The summed E-state index contributed by atoms with van der Waals surface area (Å²) in [5, 5.41) is 9.15. The molecular weight excluding hydrogens is 355 g/mol. The summed E-state index contributed by atoms with van der Waals surface area (Å²) in [5.41, 5.74) is 5.28. The fourth-order valence-corrected chi connectivity index (χ4v) is 2.50. The number of aryl methyl sites for hydroxylation is 2. The number of aliphatic hydroxyl groups excluding tert-OH is 1. The van der Waals surface area contributed by atoms with Crippen LogP contribution in [0.25, 0.3) is 0 Å². The molecule has 2 aromatic rings. The third-order valence-corrected chi connectivity index (χ3v) is 4.20. The standard InChI is InChI=1S/C21H24F3NO2/c1-20(25,15-26)13-12-19-11-10-18(27-19)9-4-2-3-6-16-7-5-8-17(14-16)21(22,23)24/h5,7-8,10-11,14,26H,2-3,6,12-13,15,25H2,1H3. The smallest absolute Gasteiger partial charge is 0.416 e. The monoisotopic (exact) mass is 379 g/mol. The van der Waals surface area contributed by atoms with E-state index in [-0.39, 0.29) is 6.61 Å². The molecule has 1 aromatic carbocycles. The Morgan fingerprint density at radius 3 is 2.63 bits per heavy atom. The van der Waals surface area contributed by atoms with Crippen molar-refractivity contribution in [1.82, 2.24) is 0 Å². The van der Waals surface area contributed by atoms with Gasteiger partial charge in [0.1, 0.15) is 5.76 Å². The molecule has 2 rings (SSSR count). The summed E-state index contributed by atoms with van der Waals surface area (Å²) < 4.78 is 43.7. The highest BCUT2D eigenvalue weighted by Crippen LogP contribution is 2.29. The van der Waals surface area contributed by atoms with Crippen molar-refractivity contribution in [2.75, 3.05) is 6.61 Å². The molecule has 0 bridgehead atoms. The highest BCUT2D eigenvalue weighted by atomic mass is 19.4. The van der Waals surface area contributed by atoms with E-state index in [1.165, 1.54) is 12.1 Å². The number of rotatable bonds is 7. The lowest BCUT2D eigenvalue weighted by molar-refractivity contribution is -0.137. The molecule has 1 unspecified atom stereocenters. The molecule has 0 saturated carbocycles. The summed E-state index contributed by atoms with van der Waals surface area (Å²) in [4.78, 5) is 0. The zero-order chi connectivity index (χ0) is 19.9. The highest BCUT2D eigenvalue weighted by Gasteiger charge is 2.30. The third-order valence-electron chi connectivity index (χ3n) is 4.20. The third kappa shape index (κ3) is 7.12. The Morgan fingerprint density at radius 1 is 1.15 bits per heavy atom. The van der Waals surface area contributed by atoms with Crippen LogP contribution in [0.2, 0.25) is 0 Å². The molecule has 0 saturated heterocycles. The van der Waals surface area contributed by atoms with Gasteiger partial charge in [0.15, 0.2) is 5.76 Å². The van der Waals surface area contributed by atoms with E-state index < -0.39 is 17.3 Å². The number of alkyl halides is 3. The molecule has 1 atom stereocenters. The maximum absolute atomic E-state index is 12.7. The van der Waals surface area contributed by atoms with Crippen LogP contribution < -0.4 is 5.73 Å². The molecule has 6 heteroatoms. The SMILES string of the molecule is CC(N)(CO)CCc1ccc(C#CCCCc2cccc(C(F)(F)F)c2)o1. The van der Waals surface area contributed by atoms with Crippen LogP contribution in [0.3, 0.4) is 0 Å². The van der Waals surface area contributed by atoms with Gasteiger partial charge in [-0.3, -0.25) is 0 Å². The number of hydrogen-bond donors (Lipinski definition) is 2. The van der Waals surface area contributed by atoms with Crippen molar-refractivity contribution in [3.05, 3.63) is 59.0 Å². The predicted molar refractivity (Wildman–Crippen MR) is 98.0 cm³/mol. The van der Waals surface area contributed by atoms with Crippen molar-refractivity contribution in [1.29, 1.82) is 0 Å². The molecule has 3 N–H and O–H groups in total. The van der Waals surface area contributed by atoms with Crippen molar-refractivity contribution in [2.24, 2.45) is 5.73 Å². The number of halogens is 3. The van der Waals surface area contributed by atoms with Gasteiger partial charge >= 0.3 is 6.18 Å². The highest BCUT2D eigenvalue weighted by molar-refractivity contribution is 5.27. The summed E-state index contributed by atoms with van der Waals surface area (Å²) in [5.74, 6) is 7.21. The van der Waals surface area contributed by atoms with Gasteiger partial charge in [0, 0.05) is 18.4 Å². The van der Waals surface area contributed by atoms with E-state index in [2.05, 4.69) is 11.8 Å². The van der Waals surface area contributed by atoms with Crippen LogP contribution in [0.5, 0.6) is 0 Å². The van der Waals surface area contributed by atoms with Gasteiger partial charge in [0.05, 0.1) is 12.2 Å². The van der Waals surface area contributed by atoms with Crippen molar-refractivity contribution in [3.63, 3.8) is 0 Å². The second-order valence-electron chi connectivity index (χ2n) is 6.93. The maximum Gasteiger partial charge on any atom is 0.416 e. The molecular formula is C21H24F3NO2. The van der Waals surface area contributed by atoms with Gasteiger partial charge in [-0.15, -0.1) is 0 Å². The summed E-state index contributed by atoms with van der Waals surface area (Å²) in [7, 11) is 0. The molecule has 0 fully saturated rings. The number of nitrogens with two attached hydrogens (primary N) is 1. The number of aliphatic hydroxyl groups is 1. The lowest BCUT2D eigenvalue weighted by Gasteiger charge is -2.20. The minimum Gasteiger partial charge on any atom is -0.453 e. The first kappa shape index (κ1) is 21.1. The van der Waals surface area contributed by atoms with E-state index in [1.807, 2.05) is 6.07 Å². The van der Waals surface area contributed by atoms with E-state index in [9.17, 15) is 13.2 Å². The first-order valence-electron chi connectivity index (χ1n) is 8.83. The quantitative estimate of drug-likeness (QED) is 0.557. The average molecular weight is 379 g/mol. The molecule has 0 aliphatic carbocycles. The summed E-state index contributed by atoms with van der Waals surface area (Å²) in [6.07, 6.45) is -1.32. The van der Waals surface area contributed by atoms with Crippen LogP contribution in [0.15, 0.2) is 40.8 Å². The molecule has 1 heterocycles. The van der Waals surface area contributed by atoms with Gasteiger partial charge in [0.2, 0.25) is 0 Å². The summed E-state index contributed by atoms with van der Waals surface area (Å²) in [6, 6.07) is 8.99. The number of furan rings is 1. The summed E-state index contributed by atoms with van der Waals surface area (Å²) in [6.45, 7) is 1.69. The van der Waals surface area contributed by atoms with Crippen LogP contribution in [-0.4, -0.2) is 17.3 Å². The van der Waals surface area contributed by atoms with Crippen LogP contribution in [0, 0.1) is 11.8 Å². The van der Waals surface area contributed by atoms with E-state index >= 15 is 0 Å². The zero-order valence-electron chi connectivity index (χ0n) is 15.3. The van der Waals surface area contributed by atoms with Crippen molar-refractivity contribution < 1.29 is 22.7 Å². The number of hydrogen-bond acceptors (Lipinski definition) is 3. The largest absolute Gasteiger partial charge is 0.453 e. The second-order valence-corrected chi connectivity index (χ2v) is 6.93. The second kappa shape index (κ2) is 9.12. The van der Waals surface area contributed by atoms with E-state index in [0.29, 0.717) is 43.4 Å². The first-order chi connectivity index (χ1) is 12.7.